The maximum Gasteiger partial charge on any atom is 0.214 e. The molecule has 0 unspecified atom stereocenters. The summed E-state index contributed by atoms with van der Waals surface area (Å²) in [6.45, 7) is 0.454. The molecule has 17 heavy (non-hydrogen) atoms. The molecule has 0 spiro atoms. The first-order valence-electron chi connectivity index (χ1n) is 5.23. The number of aromatic nitrogens is 1. The van der Waals surface area contributed by atoms with Gasteiger partial charge < -0.3 is 10.5 Å². The Morgan fingerprint density at radius 3 is 2.71 bits per heavy atom. The Morgan fingerprint density at radius 1 is 1.24 bits per heavy atom. The van der Waals surface area contributed by atoms with E-state index in [-0.39, 0.29) is 5.84 Å². The fourth-order valence-electron chi connectivity index (χ4n) is 1.39. The van der Waals surface area contributed by atoms with Crippen LogP contribution in [0.25, 0.3) is 0 Å². The lowest BCUT2D eigenvalue weighted by molar-refractivity contribution is 0.294. The Morgan fingerprint density at radius 2 is 2.00 bits per heavy atom. The van der Waals surface area contributed by atoms with E-state index < -0.39 is 0 Å². The highest BCUT2D eigenvalue weighted by atomic mass is 16.5. The van der Waals surface area contributed by atoms with Gasteiger partial charge in [0, 0.05) is 17.8 Å². The van der Waals surface area contributed by atoms with Crippen LogP contribution in [0.1, 0.15) is 11.1 Å². The lowest BCUT2D eigenvalue weighted by Gasteiger charge is -2.06. The van der Waals surface area contributed by atoms with Crippen molar-refractivity contribution in [1.82, 2.24) is 4.98 Å². The fraction of sp³-hybridized carbons (Fsp3) is 0.0769. The number of hydrogen-bond acceptors (Lipinski definition) is 3. The van der Waals surface area contributed by atoms with Gasteiger partial charge in [-0.2, -0.15) is 0 Å². The minimum absolute atomic E-state index is 0.0111. The summed E-state index contributed by atoms with van der Waals surface area (Å²) in [5.74, 6) is 0.485. The third-order valence-corrected chi connectivity index (χ3v) is 2.28. The number of amidine groups is 1. The highest BCUT2D eigenvalue weighted by Gasteiger charge is 2.01. The number of nitrogens with zero attached hydrogens (tertiary/aromatic N) is 1. The summed E-state index contributed by atoms with van der Waals surface area (Å²) in [5.41, 5.74) is 7.08. The van der Waals surface area contributed by atoms with Crippen LogP contribution in [0, 0.1) is 5.41 Å². The molecule has 0 saturated carbocycles. The molecule has 0 aliphatic carbocycles. The summed E-state index contributed by atoms with van der Waals surface area (Å²) in [6, 6.07) is 13.2. The zero-order chi connectivity index (χ0) is 12.1. The number of nitrogens with two attached hydrogens (primary N) is 1. The van der Waals surface area contributed by atoms with Crippen LogP contribution in [0.3, 0.4) is 0 Å². The Labute approximate surface area is 99.6 Å². The van der Waals surface area contributed by atoms with Gasteiger partial charge in [-0.05, 0) is 11.6 Å². The molecule has 2 rings (SSSR count). The summed E-state index contributed by atoms with van der Waals surface area (Å²) < 4.78 is 5.52. The Balaban J connectivity index is 2.04. The zero-order valence-electron chi connectivity index (χ0n) is 9.26. The summed E-state index contributed by atoms with van der Waals surface area (Å²) in [7, 11) is 0. The predicted molar refractivity (Wildman–Crippen MR) is 66.0 cm³/mol. The number of nitrogen functional groups attached to an aromatic ring is 1. The van der Waals surface area contributed by atoms with Crippen molar-refractivity contribution in [3.63, 3.8) is 0 Å². The van der Waals surface area contributed by atoms with E-state index in [0.717, 1.165) is 5.56 Å². The highest BCUT2D eigenvalue weighted by Crippen LogP contribution is 2.11. The molecule has 1 aromatic carbocycles. The molecule has 0 fully saturated rings. The number of benzene rings is 1. The van der Waals surface area contributed by atoms with Crippen LogP contribution in [0.2, 0.25) is 0 Å². The highest BCUT2D eigenvalue weighted by molar-refractivity contribution is 5.95. The molecule has 0 radical (unpaired) electrons. The van der Waals surface area contributed by atoms with Crippen molar-refractivity contribution in [1.29, 1.82) is 5.41 Å². The van der Waals surface area contributed by atoms with E-state index in [1.165, 1.54) is 0 Å². The molecule has 0 bridgehead atoms. The zero-order valence-corrected chi connectivity index (χ0v) is 9.26. The van der Waals surface area contributed by atoms with E-state index in [1.807, 2.05) is 30.3 Å². The van der Waals surface area contributed by atoms with Crippen molar-refractivity contribution >= 4 is 5.84 Å². The first-order chi connectivity index (χ1) is 8.25. The Hall–Kier alpha value is -2.36. The minimum Gasteiger partial charge on any atom is -0.473 e. The Kier molecular flexibility index (Phi) is 3.35. The topological polar surface area (TPSA) is 72.0 Å². The molecular weight excluding hydrogens is 214 g/mol. The van der Waals surface area contributed by atoms with Gasteiger partial charge in [-0.15, -0.1) is 0 Å². The van der Waals surface area contributed by atoms with Gasteiger partial charge in [0.15, 0.2) is 0 Å². The van der Waals surface area contributed by atoms with Gasteiger partial charge >= 0.3 is 0 Å². The third-order valence-electron chi connectivity index (χ3n) is 2.28. The fourth-order valence-corrected chi connectivity index (χ4v) is 1.39. The summed E-state index contributed by atoms with van der Waals surface area (Å²) >= 11 is 0. The van der Waals surface area contributed by atoms with Crippen LogP contribution in [0.15, 0.2) is 48.7 Å². The first kappa shape index (κ1) is 11.1. The van der Waals surface area contributed by atoms with Crippen molar-refractivity contribution in [3.05, 3.63) is 59.8 Å². The smallest absolute Gasteiger partial charge is 0.214 e. The molecule has 86 valence electrons. The molecule has 4 nitrogen and oxygen atoms in total. The SMILES string of the molecule is N=C(N)c1ccnc(OCc2ccccc2)c1. The molecule has 0 aliphatic rings. The van der Waals surface area contributed by atoms with Crippen molar-refractivity contribution in [3.8, 4) is 5.88 Å². The molecular formula is C13H13N3O. The van der Waals surface area contributed by atoms with E-state index in [4.69, 9.17) is 15.9 Å². The van der Waals surface area contributed by atoms with Crippen LogP contribution in [-0.4, -0.2) is 10.8 Å². The summed E-state index contributed by atoms with van der Waals surface area (Å²) in [6.07, 6.45) is 1.58. The van der Waals surface area contributed by atoms with E-state index in [2.05, 4.69) is 4.98 Å². The number of ether oxygens (including phenoxy) is 1. The number of nitrogens with one attached hydrogen (secondary N) is 1. The van der Waals surface area contributed by atoms with Crippen LogP contribution >= 0.6 is 0 Å². The van der Waals surface area contributed by atoms with Gasteiger partial charge in [-0.3, -0.25) is 5.41 Å². The van der Waals surface area contributed by atoms with Gasteiger partial charge in [-0.1, -0.05) is 30.3 Å². The van der Waals surface area contributed by atoms with Crippen LogP contribution in [-0.2, 0) is 6.61 Å². The largest absolute Gasteiger partial charge is 0.473 e. The van der Waals surface area contributed by atoms with Gasteiger partial charge in [0.1, 0.15) is 12.4 Å². The second-order valence-electron chi connectivity index (χ2n) is 3.57. The monoisotopic (exact) mass is 227 g/mol. The summed E-state index contributed by atoms with van der Waals surface area (Å²) in [4.78, 5) is 4.06. The van der Waals surface area contributed by atoms with Crippen molar-refractivity contribution in [2.24, 2.45) is 5.73 Å². The number of pyridine rings is 1. The molecule has 0 atom stereocenters. The second kappa shape index (κ2) is 5.12. The normalized spacial score (nSPS) is 9.88. The van der Waals surface area contributed by atoms with Gasteiger partial charge in [-0.25, -0.2) is 4.98 Å². The molecule has 3 N–H and O–H groups in total. The predicted octanol–water partition coefficient (Wildman–Crippen LogP) is 1.94. The van der Waals surface area contributed by atoms with E-state index in [9.17, 15) is 0 Å². The number of hydrogen-bond donors (Lipinski definition) is 2. The molecule has 2 aromatic rings. The van der Waals surface area contributed by atoms with E-state index in [0.29, 0.717) is 18.1 Å². The molecule has 0 saturated heterocycles. The van der Waals surface area contributed by atoms with Gasteiger partial charge in [0.25, 0.3) is 0 Å². The van der Waals surface area contributed by atoms with Crippen LogP contribution in [0.4, 0.5) is 0 Å². The maximum atomic E-state index is 7.32. The first-order valence-corrected chi connectivity index (χ1v) is 5.23. The lowest BCUT2D eigenvalue weighted by Crippen LogP contribution is -2.11. The Bertz CT molecular complexity index is 511. The maximum absolute atomic E-state index is 7.32. The second-order valence-corrected chi connectivity index (χ2v) is 3.57. The standard InChI is InChI=1S/C13H13N3O/c14-13(15)11-6-7-16-12(8-11)17-9-10-4-2-1-3-5-10/h1-8H,9H2,(H3,14,15). The third kappa shape index (κ3) is 3.04. The summed E-state index contributed by atoms with van der Waals surface area (Å²) in [5, 5.41) is 7.32. The van der Waals surface area contributed by atoms with Crippen molar-refractivity contribution < 1.29 is 4.74 Å². The van der Waals surface area contributed by atoms with Crippen molar-refractivity contribution in [2.75, 3.05) is 0 Å². The quantitative estimate of drug-likeness (QED) is 0.619. The average molecular weight is 227 g/mol. The van der Waals surface area contributed by atoms with Crippen LogP contribution < -0.4 is 10.5 Å². The average Bonchev–Trinajstić information content (AvgIpc) is 2.38. The molecule has 1 heterocycles. The molecule has 4 heteroatoms. The lowest BCUT2D eigenvalue weighted by atomic mass is 10.2. The van der Waals surface area contributed by atoms with E-state index in [1.54, 1.807) is 18.3 Å². The minimum atomic E-state index is 0.0111. The molecule has 0 aliphatic heterocycles. The number of rotatable bonds is 4. The van der Waals surface area contributed by atoms with Gasteiger partial charge in [0.05, 0.1) is 0 Å². The van der Waals surface area contributed by atoms with E-state index >= 15 is 0 Å². The van der Waals surface area contributed by atoms with Crippen LogP contribution in [0.5, 0.6) is 5.88 Å². The molecule has 0 amide bonds. The molecule has 1 aromatic heterocycles. The van der Waals surface area contributed by atoms with Gasteiger partial charge in [0.2, 0.25) is 5.88 Å². The van der Waals surface area contributed by atoms with Crippen molar-refractivity contribution in [2.45, 2.75) is 6.61 Å².